The molecule has 0 radical (unpaired) electrons. The van der Waals surface area contributed by atoms with E-state index < -0.39 is 6.10 Å². The summed E-state index contributed by atoms with van der Waals surface area (Å²) in [7, 11) is 0. The third-order valence-electron chi connectivity index (χ3n) is 2.12. The van der Waals surface area contributed by atoms with Crippen LogP contribution in [0.4, 0.5) is 0 Å². The highest BCUT2D eigenvalue weighted by atomic mass is 32.2. The van der Waals surface area contributed by atoms with Crippen LogP contribution < -0.4 is 5.32 Å². The lowest BCUT2D eigenvalue weighted by Gasteiger charge is -2.20. The van der Waals surface area contributed by atoms with Gasteiger partial charge >= 0.3 is 0 Å². The monoisotopic (exact) mass is 271 g/mol. The standard InChI is InChI=1S/C12H21N3O2S/c1-12(2,3)15-6-9-4-13-11(14-5-9)18-8-10(17)7-16/h4-5,10,15-17H,6-8H2,1-3H3. The molecule has 0 fully saturated rings. The molecule has 0 saturated carbocycles. The molecule has 18 heavy (non-hydrogen) atoms. The molecule has 1 rings (SSSR count). The largest absolute Gasteiger partial charge is 0.394 e. The molecular weight excluding hydrogens is 250 g/mol. The van der Waals surface area contributed by atoms with Gasteiger partial charge in [-0.15, -0.1) is 0 Å². The van der Waals surface area contributed by atoms with E-state index in [4.69, 9.17) is 5.11 Å². The van der Waals surface area contributed by atoms with Crippen LogP contribution in [-0.2, 0) is 6.54 Å². The van der Waals surface area contributed by atoms with Crippen LogP contribution in [0.3, 0.4) is 0 Å². The number of nitrogens with zero attached hydrogens (tertiary/aromatic N) is 2. The number of aromatic nitrogens is 2. The molecule has 6 heteroatoms. The van der Waals surface area contributed by atoms with Crippen molar-refractivity contribution in [2.75, 3.05) is 12.4 Å². The number of aliphatic hydroxyl groups is 2. The maximum Gasteiger partial charge on any atom is 0.187 e. The first kappa shape index (κ1) is 15.4. The van der Waals surface area contributed by atoms with Crippen LogP contribution >= 0.6 is 11.8 Å². The molecule has 0 amide bonds. The third kappa shape index (κ3) is 6.30. The summed E-state index contributed by atoms with van der Waals surface area (Å²) in [4.78, 5) is 8.41. The fourth-order valence-corrected chi connectivity index (χ4v) is 1.80. The Bertz CT molecular complexity index is 351. The van der Waals surface area contributed by atoms with Crippen molar-refractivity contribution < 1.29 is 10.2 Å². The maximum absolute atomic E-state index is 9.21. The number of thioether (sulfide) groups is 1. The molecule has 1 heterocycles. The average molecular weight is 271 g/mol. The zero-order chi connectivity index (χ0) is 13.6. The fraction of sp³-hybridized carbons (Fsp3) is 0.667. The molecule has 102 valence electrons. The quantitative estimate of drug-likeness (QED) is 0.525. The van der Waals surface area contributed by atoms with Crippen molar-refractivity contribution in [3.63, 3.8) is 0 Å². The molecule has 1 aromatic rings. The topological polar surface area (TPSA) is 78.3 Å². The van der Waals surface area contributed by atoms with E-state index in [1.165, 1.54) is 11.8 Å². The molecule has 1 aromatic heterocycles. The zero-order valence-corrected chi connectivity index (χ0v) is 11.9. The molecule has 0 aliphatic heterocycles. The van der Waals surface area contributed by atoms with Crippen molar-refractivity contribution in [1.29, 1.82) is 0 Å². The van der Waals surface area contributed by atoms with Crippen molar-refractivity contribution in [2.45, 2.75) is 44.1 Å². The van der Waals surface area contributed by atoms with E-state index in [-0.39, 0.29) is 12.1 Å². The minimum Gasteiger partial charge on any atom is -0.394 e. The Morgan fingerprint density at radius 2 is 1.94 bits per heavy atom. The van der Waals surface area contributed by atoms with Crippen molar-refractivity contribution >= 4 is 11.8 Å². The van der Waals surface area contributed by atoms with Gasteiger partial charge in [0.2, 0.25) is 0 Å². The molecule has 0 bridgehead atoms. The van der Waals surface area contributed by atoms with Gasteiger partial charge in [0, 0.05) is 35.8 Å². The number of aliphatic hydroxyl groups excluding tert-OH is 2. The number of hydrogen-bond donors (Lipinski definition) is 3. The zero-order valence-electron chi connectivity index (χ0n) is 11.1. The van der Waals surface area contributed by atoms with Crippen LogP contribution in [0, 0.1) is 0 Å². The Morgan fingerprint density at radius 3 is 2.44 bits per heavy atom. The number of hydrogen-bond acceptors (Lipinski definition) is 6. The minimum absolute atomic E-state index is 0.0681. The second kappa shape index (κ2) is 7.04. The van der Waals surface area contributed by atoms with Gasteiger partial charge in [0.1, 0.15) is 0 Å². The molecule has 0 aromatic carbocycles. The van der Waals surface area contributed by atoms with Gasteiger partial charge in [0.05, 0.1) is 12.7 Å². The summed E-state index contributed by atoms with van der Waals surface area (Å²) in [5.41, 5.74) is 1.09. The van der Waals surface area contributed by atoms with E-state index in [1.807, 2.05) is 0 Å². The van der Waals surface area contributed by atoms with E-state index in [1.54, 1.807) is 12.4 Å². The molecule has 1 unspecified atom stereocenters. The van der Waals surface area contributed by atoms with Crippen molar-refractivity contribution in [3.05, 3.63) is 18.0 Å². The van der Waals surface area contributed by atoms with Crippen LogP contribution in [0.1, 0.15) is 26.3 Å². The lowest BCUT2D eigenvalue weighted by atomic mass is 10.1. The SMILES string of the molecule is CC(C)(C)NCc1cnc(SCC(O)CO)nc1. The van der Waals surface area contributed by atoms with Crippen LogP contribution in [0.25, 0.3) is 0 Å². The summed E-state index contributed by atoms with van der Waals surface area (Å²) in [6.07, 6.45) is 2.83. The highest BCUT2D eigenvalue weighted by molar-refractivity contribution is 7.99. The van der Waals surface area contributed by atoms with E-state index in [2.05, 4.69) is 36.1 Å². The lowest BCUT2D eigenvalue weighted by molar-refractivity contribution is 0.113. The Morgan fingerprint density at radius 1 is 1.33 bits per heavy atom. The predicted octanol–water partition coefficient (Wildman–Crippen LogP) is 0.810. The first-order chi connectivity index (χ1) is 8.40. The highest BCUT2D eigenvalue weighted by Gasteiger charge is 2.09. The van der Waals surface area contributed by atoms with Crippen molar-refractivity contribution in [1.82, 2.24) is 15.3 Å². The summed E-state index contributed by atoms with van der Waals surface area (Å²) in [5, 5.41) is 21.9. The van der Waals surface area contributed by atoms with Gasteiger partial charge in [-0.05, 0) is 20.8 Å². The first-order valence-electron chi connectivity index (χ1n) is 5.88. The van der Waals surface area contributed by atoms with Gasteiger partial charge < -0.3 is 15.5 Å². The highest BCUT2D eigenvalue weighted by Crippen LogP contribution is 2.13. The molecule has 5 nitrogen and oxygen atoms in total. The van der Waals surface area contributed by atoms with Gasteiger partial charge in [-0.2, -0.15) is 0 Å². The van der Waals surface area contributed by atoms with E-state index in [0.29, 0.717) is 10.9 Å². The van der Waals surface area contributed by atoms with Gasteiger partial charge in [-0.25, -0.2) is 9.97 Å². The van der Waals surface area contributed by atoms with Crippen LogP contribution in [0.2, 0.25) is 0 Å². The summed E-state index contributed by atoms with van der Waals surface area (Å²) < 4.78 is 0. The summed E-state index contributed by atoms with van der Waals surface area (Å²) in [5.74, 6) is 0.399. The van der Waals surface area contributed by atoms with E-state index >= 15 is 0 Å². The molecule has 0 aliphatic carbocycles. The Kier molecular flexibility index (Phi) is 6.01. The summed E-state index contributed by atoms with van der Waals surface area (Å²) in [6, 6.07) is 0. The van der Waals surface area contributed by atoms with Gasteiger partial charge in [-0.3, -0.25) is 0 Å². The normalized spacial score (nSPS) is 13.6. The Labute approximate surface area is 112 Å². The second-order valence-electron chi connectivity index (χ2n) is 5.12. The minimum atomic E-state index is -0.721. The number of nitrogens with one attached hydrogen (secondary N) is 1. The van der Waals surface area contributed by atoms with Gasteiger partial charge in [0.25, 0.3) is 0 Å². The molecular formula is C12H21N3O2S. The van der Waals surface area contributed by atoms with Gasteiger partial charge in [0.15, 0.2) is 5.16 Å². The van der Waals surface area contributed by atoms with Gasteiger partial charge in [-0.1, -0.05) is 11.8 Å². The Hall–Kier alpha value is -0.690. The third-order valence-corrected chi connectivity index (χ3v) is 3.14. The van der Waals surface area contributed by atoms with E-state index in [9.17, 15) is 5.11 Å². The van der Waals surface area contributed by atoms with Crippen LogP contribution in [-0.4, -0.2) is 44.2 Å². The van der Waals surface area contributed by atoms with Crippen molar-refractivity contribution in [3.8, 4) is 0 Å². The molecule has 3 N–H and O–H groups in total. The van der Waals surface area contributed by atoms with Crippen LogP contribution in [0.15, 0.2) is 17.6 Å². The average Bonchev–Trinajstić information content (AvgIpc) is 2.33. The first-order valence-corrected chi connectivity index (χ1v) is 6.87. The Balaban J connectivity index is 2.42. The molecule has 1 atom stereocenters. The molecule has 0 spiro atoms. The lowest BCUT2D eigenvalue weighted by Crippen LogP contribution is -2.35. The molecule has 0 aliphatic rings. The van der Waals surface area contributed by atoms with Crippen LogP contribution in [0.5, 0.6) is 0 Å². The maximum atomic E-state index is 9.21. The predicted molar refractivity (Wildman–Crippen MR) is 72.4 cm³/mol. The summed E-state index contributed by atoms with van der Waals surface area (Å²) >= 11 is 1.33. The number of rotatable bonds is 6. The fourth-order valence-electron chi connectivity index (χ4n) is 1.10. The van der Waals surface area contributed by atoms with E-state index in [0.717, 1.165) is 12.1 Å². The molecule has 0 saturated heterocycles. The second-order valence-corrected chi connectivity index (χ2v) is 6.11. The van der Waals surface area contributed by atoms with Crippen molar-refractivity contribution in [2.24, 2.45) is 0 Å². The smallest absolute Gasteiger partial charge is 0.187 e. The summed E-state index contributed by atoms with van der Waals surface area (Å²) in [6.45, 7) is 6.81.